The number of likely N-dealkylation sites (N-methyl/N-ethyl adjacent to an activating group) is 1. The fraction of sp³-hybridized carbons (Fsp3) is 0.571. The van der Waals surface area contributed by atoms with E-state index < -0.39 is 0 Å². The van der Waals surface area contributed by atoms with Gasteiger partial charge in [-0.05, 0) is 24.3 Å². The third-order valence-electron chi connectivity index (χ3n) is 3.51. The van der Waals surface area contributed by atoms with E-state index in [1.807, 2.05) is 25.3 Å². The molecule has 0 aliphatic heterocycles. The van der Waals surface area contributed by atoms with E-state index in [1.165, 1.54) is 16.2 Å². The van der Waals surface area contributed by atoms with Crippen molar-refractivity contribution in [1.82, 2.24) is 10.2 Å². The highest BCUT2D eigenvalue weighted by Crippen LogP contribution is 2.11. The fourth-order valence-electron chi connectivity index (χ4n) is 1.71. The Bertz CT molecular complexity index is 447. The average Bonchev–Trinajstić information content (AvgIpc) is 2.98. The molecule has 0 spiro atoms. The van der Waals surface area contributed by atoms with E-state index >= 15 is 0 Å². The lowest BCUT2D eigenvalue weighted by Gasteiger charge is -2.27. The van der Waals surface area contributed by atoms with E-state index in [-0.39, 0.29) is 36.3 Å². The van der Waals surface area contributed by atoms with Gasteiger partial charge in [-0.3, -0.25) is 9.59 Å². The van der Waals surface area contributed by atoms with E-state index in [9.17, 15) is 9.59 Å². The molecule has 0 aliphatic rings. The minimum Gasteiger partial charge on any atom is -0.353 e. The van der Waals surface area contributed by atoms with E-state index in [2.05, 4.69) is 5.32 Å². The second kappa shape index (κ2) is 9.02. The van der Waals surface area contributed by atoms with Gasteiger partial charge in [0.15, 0.2) is 0 Å². The first-order chi connectivity index (χ1) is 9.41. The number of amides is 2. The molecule has 21 heavy (non-hydrogen) atoms. The number of rotatable bonds is 7. The molecular formula is C14H24ClN3O2S. The molecule has 1 aromatic rings. The first kappa shape index (κ1) is 19.9. The van der Waals surface area contributed by atoms with Gasteiger partial charge in [0.25, 0.3) is 5.91 Å². The van der Waals surface area contributed by atoms with Crippen LogP contribution in [0.2, 0.25) is 0 Å². The lowest BCUT2D eigenvalue weighted by Crippen LogP contribution is -2.51. The van der Waals surface area contributed by atoms with Crippen molar-refractivity contribution < 1.29 is 9.59 Å². The highest BCUT2D eigenvalue weighted by molar-refractivity contribution is 7.12. The SMILES string of the molecule is CCC(N)(CC)CNC(=O)CN(C)C(=O)c1cccs1.Cl. The van der Waals surface area contributed by atoms with E-state index in [0.717, 1.165) is 12.8 Å². The van der Waals surface area contributed by atoms with Gasteiger partial charge in [0, 0.05) is 19.1 Å². The summed E-state index contributed by atoms with van der Waals surface area (Å²) < 4.78 is 0. The van der Waals surface area contributed by atoms with E-state index in [0.29, 0.717) is 11.4 Å². The number of halogens is 1. The molecule has 0 fully saturated rings. The third-order valence-corrected chi connectivity index (χ3v) is 4.36. The highest BCUT2D eigenvalue weighted by Gasteiger charge is 2.22. The van der Waals surface area contributed by atoms with Crippen LogP contribution in [-0.4, -0.2) is 42.4 Å². The average molecular weight is 334 g/mol. The number of thiophene rings is 1. The van der Waals surface area contributed by atoms with Crippen LogP contribution in [0.1, 0.15) is 36.4 Å². The summed E-state index contributed by atoms with van der Waals surface area (Å²) in [5.74, 6) is -0.325. The van der Waals surface area contributed by atoms with Crippen LogP contribution in [0.25, 0.3) is 0 Å². The molecule has 2 amide bonds. The molecule has 0 saturated carbocycles. The second-order valence-electron chi connectivity index (χ2n) is 4.98. The molecule has 1 heterocycles. The van der Waals surface area contributed by atoms with Crippen LogP contribution in [0.5, 0.6) is 0 Å². The topological polar surface area (TPSA) is 75.4 Å². The Kier molecular flexibility index (Phi) is 8.54. The van der Waals surface area contributed by atoms with Gasteiger partial charge in [0.1, 0.15) is 0 Å². The largest absolute Gasteiger partial charge is 0.353 e. The second-order valence-corrected chi connectivity index (χ2v) is 5.93. The predicted molar refractivity (Wildman–Crippen MR) is 89.0 cm³/mol. The van der Waals surface area contributed by atoms with Crippen molar-refractivity contribution in [3.8, 4) is 0 Å². The molecule has 1 rings (SSSR count). The van der Waals surface area contributed by atoms with Crippen molar-refractivity contribution in [3.63, 3.8) is 0 Å². The molecule has 0 radical (unpaired) electrons. The van der Waals surface area contributed by atoms with Crippen LogP contribution in [-0.2, 0) is 4.79 Å². The number of nitrogens with one attached hydrogen (secondary N) is 1. The first-order valence-corrected chi connectivity index (χ1v) is 7.64. The minimum atomic E-state index is -0.369. The third kappa shape index (κ3) is 6.03. The Hall–Kier alpha value is -1.11. The van der Waals surface area contributed by atoms with Crippen LogP contribution in [0.4, 0.5) is 0 Å². The summed E-state index contributed by atoms with van der Waals surface area (Å²) in [5, 5.41) is 4.64. The lowest BCUT2D eigenvalue weighted by molar-refractivity contribution is -0.121. The van der Waals surface area contributed by atoms with Crippen molar-refractivity contribution in [1.29, 1.82) is 0 Å². The van der Waals surface area contributed by atoms with Gasteiger partial charge < -0.3 is 16.0 Å². The summed E-state index contributed by atoms with van der Waals surface area (Å²) in [6, 6.07) is 3.57. The van der Waals surface area contributed by atoms with Gasteiger partial charge in [-0.2, -0.15) is 0 Å². The van der Waals surface area contributed by atoms with Crippen molar-refractivity contribution in [3.05, 3.63) is 22.4 Å². The van der Waals surface area contributed by atoms with Crippen molar-refractivity contribution in [2.24, 2.45) is 5.73 Å². The van der Waals surface area contributed by atoms with Crippen LogP contribution < -0.4 is 11.1 Å². The molecule has 3 N–H and O–H groups in total. The Morgan fingerprint density at radius 3 is 2.48 bits per heavy atom. The molecule has 5 nitrogen and oxygen atoms in total. The van der Waals surface area contributed by atoms with Gasteiger partial charge in [0.05, 0.1) is 11.4 Å². The smallest absolute Gasteiger partial charge is 0.264 e. The summed E-state index contributed by atoms with van der Waals surface area (Å²) in [4.78, 5) is 25.9. The molecule has 0 aliphatic carbocycles. The van der Waals surface area contributed by atoms with Crippen molar-refractivity contribution in [2.45, 2.75) is 32.2 Å². The minimum absolute atomic E-state index is 0. The molecule has 0 atom stereocenters. The maximum atomic E-state index is 12.0. The normalized spacial score (nSPS) is 10.7. The molecular weight excluding hydrogens is 310 g/mol. The molecule has 0 unspecified atom stereocenters. The summed E-state index contributed by atoms with van der Waals surface area (Å²) in [6.45, 7) is 4.48. The Balaban J connectivity index is 0.00000400. The maximum Gasteiger partial charge on any atom is 0.264 e. The van der Waals surface area contributed by atoms with Crippen LogP contribution in [0, 0.1) is 0 Å². The Morgan fingerprint density at radius 2 is 2.00 bits per heavy atom. The van der Waals surface area contributed by atoms with Crippen LogP contribution in [0.3, 0.4) is 0 Å². The summed E-state index contributed by atoms with van der Waals surface area (Å²) in [7, 11) is 1.62. The van der Waals surface area contributed by atoms with Crippen molar-refractivity contribution >= 4 is 35.6 Å². The van der Waals surface area contributed by atoms with Crippen molar-refractivity contribution in [2.75, 3.05) is 20.1 Å². The number of nitrogens with zero attached hydrogens (tertiary/aromatic N) is 1. The zero-order chi connectivity index (χ0) is 15.2. The summed E-state index contributed by atoms with van der Waals surface area (Å²) in [6.07, 6.45) is 1.60. The standard InChI is InChI=1S/C14H23N3O2S.ClH/c1-4-14(15,5-2)10-16-12(18)9-17(3)13(19)11-7-6-8-20-11;/h6-8H,4-5,9-10,15H2,1-3H3,(H,16,18);1H. The number of nitrogens with two attached hydrogens (primary N) is 1. The zero-order valence-electron chi connectivity index (χ0n) is 12.7. The van der Waals surface area contributed by atoms with E-state index in [1.54, 1.807) is 13.1 Å². The predicted octanol–water partition coefficient (Wildman–Crippen LogP) is 1.88. The summed E-state index contributed by atoms with van der Waals surface area (Å²) >= 11 is 1.37. The maximum absolute atomic E-state index is 12.0. The highest BCUT2D eigenvalue weighted by atomic mass is 35.5. The van der Waals surface area contributed by atoms with Gasteiger partial charge in [-0.1, -0.05) is 19.9 Å². The van der Waals surface area contributed by atoms with Crippen LogP contribution >= 0.6 is 23.7 Å². The molecule has 120 valence electrons. The van der Waals surface area contributed by atoms with Gasteiger partial charge in [0.2, 0.25) is 5.91 Å². The number of hydrogen-bond acceptors (Lipinski definition) is 4. The molecule has 0 aromatic carbocycles. The number of carbonyl (C=O) groups excluding carboxylic acids is 2. The van der Waals surface area contributed by atoms with Gasteiger partial charge >= 0.3 is 0 Å². The van der Waals surface area contributed by atoms with Gasteiger partial charge in [-0.15, -0.1) is 23.7 Å². The first-order valence-electron chi connectivity index (χ1n) is 6.76. The Labute approximate surface area is 136 Å². The molecule has 0 bridgehead atoms. The number of hydrogen-bond donors (Lipinski definition) is 2. The number of carbonyl (C=O) groups is 2. The Morgan fingerprint density at radius 1 is 1.38 bits per heavy atom. The molecule has 0 saturated heterocycles. The van der Waals surface area contributed by atoms with Crippen LogP contribution in [0.15, 0.2) is 17.5 Å². The lowest BCUT2D eigenvalue weighted by atomic mass is 9.94. The van der Waals surface area contributed by atoms with E-state index in [4.69, 9.17) is 5.73 Å². The zero-order valence-corrected chi connectivity index (χ0v) is 14.4. The summed E-state index contributed by atoms with van der Waals surface area (Å²) in [5.41, 5.74) is 5.75. The fourth-order valence-corrected chi connectivity index (χ4v) is 2.42. The quantitative estimate of drug-likeness (QED) is 0.800. The molecule has 7 heteroatoms. The van der Waals surface area contributed by atoms with Gasteiger partial charge in [-0.25, -0.2) is 0 Å². The monoisotopic (exact) mass is 333 g/mol. The molecule has 1 aromatic heterocycles.